The Kier molecular flexibility index (Phi) is 5.07. The fraction of sp³-hybridized carbons (Fsp3) is 0.438. The second-order valence-electron chi connectivity index (χ2n) is 5.63. The standard InChI is InChI=1S/C16H20FN5S/c1-12-10-22(15-4-6-19-16(20-15)23-2)8-7-21(12)11-13-3-5-18-9-14(13)17/h3-6,9,12H,7-8,10-11H2,1-2H3. The fourth-order valence-corrected chi connectivity index (χ4v) is 3.15. The molecule has 0 saturated carbocycles. The molecular formula is C16H20FN5S. The molecule has 1 aliphatic rings. The van der Waals surface area contributed by atoms with Crippen molar-refractivity contribution >= 4 is 17.6 Å². The lowest BCUT2D eigenvalue weighted by atomic mass is 10.1. The van der Waals surface area contributed by atoms with Crippen LogP contribution in [0.5, 0.6) is 0 Å². The molecule has 0 N–H and O–H groups in total. The van der Waals surface area contributed by atoms with Crippen molar-refractivity contribution in [3.8, 4) is 0 Å². The molecule has 1 fully saturated rings. The van der Waals surface area contributed by atoms with Gasteiger partial charge in [-0.05, 0) is 25.3 Å². The maximum absolute atomic E-state index is 13.8. The monoisotopic (exact) mass is 333 g/mol. The molecular weight excluding hydrogens is 313 g/mol. The first kappa shape index (κ1) is 16.1. The summed E-state index contributed by atoms with van der Waals surface area (Å²) in [5.74, 6) is 0.730. The molecule has 2 aromatic heterocycles. The number of thioether (sulfide) groups is 1. The van der Waals surface area contributed by atoms with Gasteiger partial charge in [-0.15, -0.1) is 0 Å². The van der Waals surface area contributed by atoms with Crippen molar-refractivity contribution in [3.63, 3.8) is 0 Å². The van der Waals surface area contributed by atoms with Crippen LogP contribution in [0.1, 0.15) is 12.5 Å². The van der Waals surface area contributed by atoms with Gasteiger partial charge in [0, 0.05) is 50.2 Å². The molecule has 1 atom stereocenters. The van der Waals surface area contributed by atoms with Gasteiger partial charge in [0.15, 0.2) is 5.16 Å². The molecule has 0 radical (unpaired) electrons. The number of anilines is 1. The molecule has 0 aliphatic carbocycles. The molecule has 5 nitrogen and oxygen atoms in total. The predicted octanol–water partition coefficient (Wildman–Crippen LogP) is 2.44. The van der Waals surface area contributed by atoms with Crippen molar-refractivity contribution in [1.82, 2.24) is 19.9 Å². The smallest absolute Gasteiger partial charge is 0.189 e. The van der Waals surface area contributed by atoms with Gasteiger partial charge in [0.05, 0.1) is 6.20 Å². The van der Waals surface area contributed by atoms with Gasteiger partial charge in [-0.25, -0.2) is 14.4 Å². The molecule has 0 amide bonds. The third-order valence-corrected chi connectivity index (χ3v) is 4.68. The Labute approximate surface area is 140 Å². The van der Waals surface area contributed by atoms with Gasteiger partial charge >= 0.3 is 0 Å². The van der Waals surface area contributed by atoms with E-state index in [2.05, 4.69) is 31.7 Å². The Bertz CT molecular complexity index is 668. The first-order chi connectivity index (χ1) is 11.2. The van der Waals surface area contributed by atoms with Gasteiger partial charge in [0.25, 0.3) is 0 Å². The van der Waals surface area contributed by atoms with Crippen molar-refractivity contribution in [2.45, 2.75) is 24.7 Å². The van der Waals surface area contributed by atoms with E-state index in [9.17, 15) is 4.39 Å². The number of hydrogen-bond donors (Lipinski definition) is 0. The largest absolute Gasteiger partial charge is 0.354 e. The van der Waals surface area contributed by atoms with E-state index >= 15 is 0 Å². The van der Waals surface area contributed by atoms with E-state index in [0.717, 1.165) is 30.6 Å². The lowest BCUT2D eigenvalue weighted by molar-refractivity contribution is 0.178. The van der Waals surface area contributed by atoms with Crippen molar-refractivity contribution in [3.05, 3.63) is 42.1 Å². The number of rotatable bonds is 4. The van der Waals surface area contributed by atoms with E-state index in [1.165, 1.54) is 6.20 Å². The summed E-state index contributed by atoms with van der Waals surface area (Å²) in [6.45, 7) is 5.41. The van der Waals surface area contributed by atoms with Crippen LogP contribution < -0.4 is 4.90 Å². The zero-order chi connectivity index (χ0) is 16.2. The van der Waals surface area contributed by atoms with Crippen LogP contribution in [0.2, 0.25) is 0 Å². The quantitative estimate of drug-likeness (QED) is 0.633. The van der Waals surface area contributed by atoms with Crippen LogP contribution >= 0.6 is 11.8 Å². The average Bonchev–Trinajstić information content (AvgIpc) is 2.58. The molecule has 3 rings (SSSR count). The first-order valence-corrected chi connectivity index (χ1v) is 8.84. The summed E-state index contributed by atoms with van der Waals surface area (Å²) in [5, 5.41) is 0.788. The lowest BCUT2D eigenvalue weighted by Crippen LogP contribution is -2.51. The van der Waals surface area contributed by atoms with Gasteiger partial charge in [-0.2, -0.15) is 0 Å². The van der Waals surface area contributed by atoms with Gasteiger partial charge in [0.1, 0.15) is 11.6 Å². The zero-order valence-electron chi connectivity index (χ0n) is 13.3. The first-order valence-electron chi connectivity index (χ1n) is 7.62. The SMILES string of the molecule is CSc1nccc(N2CCN(Cc3ccncc3F)C(C)C2)n1. The second kappa shape index (κ2) is 7.23. The maximum atomic E-state index is 13.8. The third kappa shape index (κ3) is 3.79. The number of aromatic nitrogens is 3. The van der Waals surface area contributed by atoms with Crippen LogP contribution in [0.15, 0.2) is 35.9 Å². The molecule has 0 spiro atoms. The van der Waals surface area contributed by atoms with Gasteiger partial charge in [-0.1, -0.05) is 11.8 Å². The van der Waals surface area contributed by atoms with E-state index < -0.39 is 0 Å². The summed E-state index contributed by atoms with van der Waals surface area (Å²) < 4.78 is 13.8. The van der Waals surface area contributed by atoms with Crippen LogP contribution in [0.25, 0.3) is 0 Å². The number of pyridine rings is 1. The molecule has 7 heteroatoms. The number of halogens is 1. The van der Waals surface area contributed by atoms with Crippen LogP contribution in [-0.2, 0) is 6.54 Å². The topological polar surface area (TPSA) is 45.2 Å². The zero-order valence-corrected chi connectivity index (χ0v) is 14.1. The number of nitrogens with zero attached hydrogens (tertiary/aromatic N) is 5. The molecule has 1 unspecified atom stereocenters. The molecule has 1 saturated heterocycles. The van der Waals surface area contributed by atoms with E-state index in [0.29, 0.717) is 18.2 Å². The highest BCUT2D eigenvalue weighted by atomic mass is 32.2. The summed E-state index contributed by atoms with van der Waals surface area (Å²) in [7, 11) is 0. The van der Waals surface area contributed by atoms with Crippen LogP contribution in [0.4, 0.5) is 10.2 Å². The second-order valence-corrected chi connectivity index (χ2v) is 6.41. The van der Waals surface area contributed by atoms with Gasteiger partial charge in [-0.3, -0.25) is 9.88 Å². The molecule has 23 heavy (non-hydrogen) atoms. The number of hydrogen-bond acceptors (Lipinski definition) is 6. The lowest BCUT2D eigenvalue weighted by Gasteiger charge is -2.40. The van der Waals surface area contributed by atoms with E-state index in [-0.39, 0.29) is 5.82 Å². The van der Waals surface area contributed by atoms with E-state index in [4.69, 9.17) is 0 Å². The van der Waals surface area contributed by atoms with Crippen LogP contribution in [-0.4, -0.2) is 51.8 Å². The Balaban J connectivity index is 1.66. The van der Waals surface area contributed by atoms with Gasteiger partial charge in [0.2, 0.25) is 0 Å². The van der Waals surface area contributed by atoms with Crippen molar-refractivity contribution < 1.29 is 4.39 Å². The molecule has 0 aromatic carbocycles. The summed E-state index contributed by atoms with van der Waals surface area (Å²) in [6.07, 6.45) is 6.70. The molecule has 2 aromatic rings. The summed E-state index contributed by atoms with van der Waals surface area (Å²) >= 11 is 1.54. The summed E-state index contributed by atoms with van der Waals surface area (Å²) in [4.78, 5) is 17.2. The minimum atomic E-state index is -0.234. The van der Waals surface area contributed by atoms with Crippen LogP contribution in [0, 0.1) is 5.82 Å². The van der Waals surface area contributed by atoms with Crippen molar-refractivity contribution in [2.75, 3.05) is 30.8 Å². The normalized spacial score (nSPS) is 19.1. The Morgan fingerprint density at radius 3 is 2.91 bits per heavy atom. The minimum Gasteiger partial charge on any atom is -0.354 e. The maximum Gasteiger partial charge on any atom is 0.189 e. The highest BCUT2D eigenvalue weighted by Crippen LogP contribution is 2.20. The van der Waals surface area contributed by atoms with E-state index in [1.807, 2.05) is 12.3 Å². The van der Waals surface area contributed by atoms with E-state index in [1.54, 1.807) is 30.2 Å². The van der Waals surface area contributed by atoms with Crippen molar-refractivity contribution in [1.29, 1.82) is 0 Å². The van der Waals surface area contributed by atoms with Gasteiger partial charge < -0.3 is 4.90 Å². The van der Waals surface area contributed by atoms with Crippen LogP contribution in [0.3, 0.4) is 0 Å². The Morgan fingerprint density at radius 1 is 1.30 bits per heavy atom. The molecule has 0 bridgehead atoms. The molecule has 122 valence electrons. The average molecular weight is 333 g/mol. The molecule has 1 aliphatic heterocycles. The number of piperazine rings is 1. The Hall–Kier alpha value is -1.73. The summed E-state index contributed by atoms with van der Waals surface area (Å²) in [5.41, 5.74) is 0.701. The minimum absolute atomic E-state index is 0.234. The predicted molar refractivity (Wildman–Crippen MR) is 90.1 cm³/mol. The molecule has 3 heterocycles. The Morgan fingerprint density at radius 2 is 2.17 bits per heavy atom. The third-order valence-electron chi connectivity index (χ3n) is 4.12. The highest BCUT2D eigenvalue weighted by Gasteiger charge is 2.25. The summed E-state index contributed by atoms with van der Waals surface area (Å²) in [6, 6.07) is 4.03. The van der Waals surface area contributed by atoms with Crippen molar-refractivity contribution in [2.24, 2.45) is 0 Å². The highest BCUT2D eigenvalue weighted by molar-refractivity contribution is 7.98. The fourth-order valence-electron chi connectivity index (χ4n) is 2.80.